The van der Waals surface area contributed by atoms with Gasteiger partial charge >= 0.3 is 0 Å². The Morgan fingerprint density at radius 2 is 2.00 bits per heavy atom. The summed E-state index contributed by atoms with van der Waals surface area (Å²) >= 11 is 0. The van der Waals surface area contributed by atoms with Gasteiger partial charge in [0.05, 0.1) is 11.4 Å². The molecular weight excluding hydrogens is 308 g/mol. The molecule has 0 saturated carbocycles. The van der Waals surface area contributed by atoms with E-state index in [0.717, 1.165) is 11.8 Å². The number of aryl methyl sites for hydroxylation is 2. The van der Waals surface area contributed by atoms with Crippen molar-refractivity contribution >= 4 is 24.1 Å². The third-order valence-corrected chi connectivity index (χ3v) is 3.34. The molecule has 126 valence electrons. The summed E-state index contributed by atoms with van der Waals surface area (Å²) in [4.78, 5) is 27.3. The maximum atomic E-state index is 12.4. The molecule has 0 unspecified atom stereocenters. The Morgan fingerprint density at radius 3 is 2.62 bits per heavy atom. The van der Waals surface area contributed by atoms with Gasteiger partial charge in [-0.05, 0) is 12.1 Å². The van der Waals surface area contributed by atoms with Crippen LogP contribution in [0.5, 0.6) is 0 Å². The molecule has 0 atom stereocenters. The Morgan fingerprint density at radius 1 is 1.25 bits per heavy atom. The summed E-state index contributed by atoms with van der Waals surface area (Å²) < 4.78 is 3.33. The molecule has 2 aromatic heterocycles. The number of aldehydes is 1. The maximum Gasteiger partial charge on any atom is 0.272 e. The number of nitrogens with one attached hydrogen (secondary N) is 2. The standard InChI is InChI=1S/C16H20N6O2/c1-18-7-15(17)19-6-11-4-14(22(3)8-11)16(24)20-12-5-13(10-23)21(2)9-12/h4-10,18H,17H2,1-3H3,(H,20,24)/b15-7-,19-6+. The predicted octanol–water partition coefficient (Wildman–Crippen LogP) is 0.824. The van der Waals surface area contributed by atoms with Crippen molar-refractivity contribution in [2.75, 3.05) is 12.4 Å². The van der Waals surface area contributed by atoms with Gasteiger partial charge in [0.25, 0.3) is 5.91 Å². The first-order valence-electron chi connectivity index (χ1n) is 7.21. The van der Waals surface area contributed by atoms with Crippen molar-refractivity contribution in [1.29, 1.82) is 0 Å². The SMILES string of the molecule is CN/C=C(N)\N=C\c1cc(C(=O)Nc2cc(C=O)n(C)c2)n(C)c1. The topological polar surface area (TPSA) is 106 Å². The van der Waals surface area contributed by atoms with Crippen molar-refractivity contribution in [3.8, 4) is 0 Å². The van der Waals surface area contributed by atoms with E-state index in [1.807, 2.05) is 0 Å². The Hall–Kier alpha value is -3.29. The smallest absolute Gasteiger partial charge is 0.272 e. The lowest BCUT2D eigenvalue weighted by molar-refractivity contribution is 0.101. The molecule has 4 N–H and O–H groups in total. The molecule has 8 heteroatoms. The molecule has 2 rings (SSSR count). The summed E-state index contributed by atoms with van der Waals surface area (Å²) in [6.07, 6.45) is 7.32. The molecule has 2 aromatic rings. The molecule has 0 aliphatic heterocycles. The van der Waals surface area contributed by atoms with E-state index < -0.39 is 0 Å². The number of nitrogens with two attached hydrogens (primary N) is 1. The van der Waals surface area contributed by atoms with Crippen LogP contribution in [0.15, 0.2) is 41.5 Å². The highest BCUT2D eigenvalue weighted by molar-refractivity contribution is 6.04. The first kappa shape index (κ1) is 17.1. The second-order valence-electron chi connectivity index (χ2n) is 5.22. The summed E-state index contributed by atoms with van der Waals surface area (Å²) in [5, 5.41) is 5.54. The van der Waals surface area contributed by atoms with E-state index in [4.69, 9.17) is 5.73 Å². The first-order chi connectivity index (χ1) is 11.4. The molecule has 0 saturated heterocycles. The van der Waals surface area contributed by atoms with Crippen LogP contribution in [0.4, 0.5) is 5.69 Å². The van der Waals surface area contributed by atoms with E-state index in [2.05, 4.69) is 15.6 Å². The van der Waals surface area contributed by atoms with Crippen LogP contribution >= 0.6 is 0 Å². The Bertz CT molecular complexity index is 813. The van der Waals surface area contributed by atoms with Crippen LogP contribution in [0.1, 0.15) is 26.5 Å². The van der Waals surface area contributed by atoms with E-state index in [0.29, 0.717) is 22.9 Å². The molecule has 0 aromatic carbocycles. The second-order valence-corrected chi connectivity index (χ2v) is 5.22. The zero-order valence-electron chi connectivity index (χ0n) is 13.8. The highest BCUT2D eigenvalue weighted by Gasteiger charge is 2.13. The highest BCUT2D eigenvalue weighted by atomic mass is 16.2. The number of anilines is 1. The fourth-order valence-electron chi connectivity index (χ4n) is 2.18. The van der Waals surface area contributed by atoms with Crippen molar-refractivity contribution in [2.24, 2.45) is 24.8 Å². The number of nitrogens with zero attached hydrogens (tertiary/aromatic N) is 3. The maximum absolute atomic E-state index is 12.4. The fraction of sp³-hybridized carbons (Fsp3) is 0.188. The molecule has 0 radical (unpaired) electrons. The largest absolute Gasteiger partial charge is 0.391 e. The number of hydrogen-bond acceptors (Lipinski definition) is 5. The molecule has 0 aliphatic carbocycles. The van der Waals surface area contributed by atoms with Crippen LogP contribution in [0.3, 0.4) is 0 Å². The Kier molecular flexibility index (Phi) is 5.20. The first-order valence-corrected chi connectivity index (χ1v) is 7.21. The van der Waals surface area contributed by atoms with Crippen LogP contribution < -0.4 is 16.4 Å². The van der Waals surface area contributed by atoms with E-state index in [-0.39, 0.29) is 5.91 Å². The van der Waals surface area contributed by atoms with Gasteiger partial charge in [0.15, 0.2) is 6.29 Å². The van der Waals surface area contributed by atoms with Crippen LogP contribution in [0.25, 0.3) is 0 Å². The van der Waals surface area contributed by atoms with Gasteiger partial charge in [-0.1, -0.05) is 0 Å². The fourth-order valence-corrected chi connectivity index (χ4v) is 2.18. The zero-order chi connectivity index (χ0) is 17.7. The second kappa shape index (κ2) is 7.32. The van der Waals surface area contributed by atoms with E-state index in [1.54, 1.807) is 67.2 Å². The van der Waals surface area contributed by atoms with Crippen LogP contribution in [0.2, 0.25) is 0 Å². The Balaban J connectivity index is 2.15. The average Bonchev–Trinajstić information content (AvgIpc) is 3.08. The lowest BCUT2D eigenvalue weighted by atomic mass is 10.3. The minimum atomic E-state index is -0.279. The van der Waals surface area contributed by atoms with Gasteiger partial charge in [-0.3, -0.25) is 9.59 Å². The van der Waals surface area contributed by atoms with Gasteiger partial charge < -0.3 is 25.5 Å². The van der Waals surface area contributed by atoms with Gasteiger partial charge in [-0.25, -0.2) is 4.99 Å². The molecule has 0 bridgehead atoms. The number of aromatic nitrogens is 2. The van der Waals surface area contributed by atoms with Crippen molar-refractivity contribution in [1.82, 2.24) is 14.5 Å². The molecule has 0 spiro atoms. The summed E-state index contributed by atoms with van der Waals surface area (Å²) in [6.45, 7) is 0. The molecule has 1 amide bonds. The van der Waals surface area contributed by atoms with Crippen molar-refractivity contribution in [3.05, 3.63) is 53.5 Å². The highest BCUT2D eigenvalue weighted by Crippen LogP contribution is 2.14. The number of amides is 1. The summed E-state index contributed by atoms with van der Waals surface area (Å²) in [6, 6.07) is 3.31. The van der Waals surface area contributed by atoms with Gasteiger partial charge in [0.1, 0.15) is 11.5 Å². The molecule has 0 fully saturated rings. The number of rotatable bonds is 6. The lowest BCUT2D eigenvalue weighted by Crippen LogP contribution is -2.14. The van der Waals surface area contributed by atoms with E-state index in [9.17, 15) is 9.59 Å². The van der Waals surface area contributed by atoms with Gasteiger partial charge in [0.2, 0.25) is 0 Å². The molecule has 24 heavy (non-hydrogen) atoms. The van der Waals surface area contributed by atoms with E-state index >= 15 is 0 Å². The van der Waals surface area contributed by atoms with Crippen molar-refractivity contribution < 1.29 is 9.59 Å². The van der Waals surface area contributed by atoms with Crippen molar-refractivity contribution in [2.45, 2.75) is 0 Å². The number of carbonyl (C=O) groups excluding carboxylic acids is 2. The van der Waals surface area contributed by atoms with Crippen LogP contribution in [-0.4, -0.2) is 34.6 Å². The Labute approximate surface area is 139 Å². The normalized spacial score (nSPS) is 11.7. The lowest BCUT2D eigenvalue weighted by Gasteiger charge is -2.03. The number of carbonyl (C=O) groups is 2. The van der Waals surface area contributed by atoms with Crippen molar-refractivity contribution in [3.63, 3.8) is 0 Å². The number of aliphatic imine (C=N–C) groups is 1. The van der Waals surface area contributed by atoms with Crippen LogP contribution in [-0.2, 0) is 14.1 Å². The van der Waals surface area contributed by atoms with Crippen LogP contribution in [0, 0.1) is 0 Å². The van der Waals surface area contributed by atoms with Gasteiger partial charge in [0, 0.05) is 51.5 Å². The summed E-state index contributed by atoms with van der Waals surface area (Å²) in [7, 11) is 5.23. The minimum absolute atomic E-state index is 0.279. The number of hydrogen-bond donors (Lipinski definition) is 3. The van der Waals surface area contributed by atoms with Gasteiger partial charge in [-0.15, -0.1) is 0 Å². The summed E-state index contributed by atoms with van der Waals surface area (Å²) in [5.74, 6) is 0.0528. The molecule has 0 aliphatic rings. The monoisotopic (exact) mass is 328 g/mol. The van der Waals surface area contributed by atoms with E-state index in [1.165, 1.54) is 0 Å². The third kappa shape index (κ3) is 3.92. The third-order valence-electron chi connectivity index (χ3n) is 3.34. The quantitative estimate of drug-likeness (QED) is 0.539. The minimum Gasteiger partial charge on any atom is -0.391 e. The average molecular weight is 328 g/mol. The molecule has 8 nitrogen and oxygen atoms in total. The van der Waals surface area contributed by atoms with Gasteiger partial charge in [-0.2, -0.15) is 0 Å². The zero-order valence-corrected chi connectivity index (χ0v) is 13.8. The summed E-state index contributed by atoms with van der Waals surface area (Å²) in [5.41, 5.74) is 7.90. The predicted molar refractivity (Wildman–Crippen MR) is 93.1 cm³/mol. The molecular formula is C16H20N6O2. The molecule has 2 heterocycles.